The molecule has 1 aromatic rings. The van der Waals surface area contributed by atoms with Gasteiger partial charge in [-0.2, -0.15) is 0 Å². The molecule has 3 N–H and O–H groups in total. The number of hydrogen-bond acceptors (Lipinski definition) is 3. The van der Waals surface area contributed by atoms with Gasteiger partial charge in [0.15, 0.2) is 0 Å². The van der Waals surface area contributed by atoms with Gasteiger partial charge in [0.1, 0.15) is 0 Å². The fraction of sp³-hybridized carbons (Fsp3) is 0.625. The topological polar surface area (TPSA) is 68.0 Å². The van der Waals surface area contributed by atoms with E-state index in [4.69, 9.17) is 5.73 Å². The first kappa shape index (κ1) is 14.8. The van der Waals surface area contributed by atoms with Crippen LogP contribution in [-0.4, -0.2) is 16.9 Å². The fourth-order valence-corrected chi connectivity index (χ4v) is 3.12. The lowest BCUT2D eigenvalue weighted by atomic mass is 9.83. The third-order valence-electron chi connectivity index (χ3n) is 4.33. The SMILES string of the molecule is CCC(NC(=O)c1cc(N)cnc1C)C1CCCCC1. The summed E-state index contributed by atoms with van der Waals surface area (Å²) in [6, 6.07) is 1.98. The lowest BCUT2D eigenvalue weighted by Crippen LogP contribution is -2.41. The Balaban J connectivity index is 2.06. The molecule has 1 aliphatic carbocycles. The minimum absolute atomic E-state index is 0.0419. The number of carbonyl (C=O) groups is 1. The lowest BCUT2D eigenvalue weighted by molar-refractivity contribution is 0.0910. The van der Waals surface area contributed by atoms with Gasteiger partial charge in [-0.3, -0.25) is 9.78 Å². The van der Waals surface area contributed by atoms with E-state index < -0.39 is 0 Å². The summed E-state index contributed by atoms with van der Waals surface area (Å²) >= 11 is 0. The first-order valence-corrected chi connectivity index (χ1v) is 7.64. The Morgan fingerprint density at radius 3 is 2.80 bits per heavy atom. The number of nitrogens with one attached hydrogen (secondary N) is 1. The highest BCUT2D eigenvalue weighted by Crippen LogP contribution is 2.28. The number of pyridine rings is 1. The maximum atomic E-state index is 12.4. The minimum Gasteiger partial charge on any atom is -0.397 e. The van der Waals surface area contributed by atoms with E-state index in [0.29, 0.717) is 17.2 Å². The van der Waals surface area contributed by atoms with Crippen LogP contribution in [0.25, 0.3) is 0 Å². The van der Waals surface area contributed by atoms with Gasteiger partial charge in [0.25, 0.3) is 5.91 Å². The van der Waals surface area contributed by atoms with Crippen LogP contribution in [0.5, 0.6) is 0 Å². The Hall–Kier alpha value is -1.58. The van der Waals surface area contributed by atoms with Crippen molar-refractivity contribution in [3.05, 3.63) is 23.5 Å². The van der Waals surface area contributed by atoms with Crippen molar-refractivity contribution in [2.75, 3.05) is 5.73 Å². The van der Waals surface area contributed by atoms with Crippen molar-refractivity contribution < 1.29 is 4.79 Å². The average Bonchev–Trinajstić information content (AvgIpc) is 2.48. The van der Waals surface area contributed by atoms with E-state index in [2.05, 4.69) is 17.2 Å². The first-order valence-electron chi connectivity index (χ1n) is 7.64. The Morgan fingerprint density at radius 1 is 1.45 bits per heavy atom. The number of nitrogens with zero attached hydrogens (tertiary/aromatic N) is 1. The van der Waals surface area contributed by atoms with Gasteiger partial charge in [0, 0.05) is 6.04 Å². The van der Waals surface area contributed by atoms with Crippen molar-refractivity contribution in [2.45, 2.75) is 58.4 Å². The van der Waals surface area contributed by atoms with E-state index in [-0.39, 0.29) is 11.9 Å². The Morgan fingerprint density at radius 2 is 2.15 bits per heavy atom. The zero-order valence-electron chi connectivity index (χ0n) is 12.5. The molecule has 4 nitrogen and oxygen atoms in total. The lowest BCUT2D eigenvalue weighted by Gasteiger charge is -2.30. The van der Waals surface area contributed by atoms with Crippen molar-refractivity contribution in [1.29, 1.82) is 0 Å². The third kappa shape index (κ3) is 3.50. The van der Waals surface area contributed by atoms with E-state index in [1.165, 1.54) is 32.1 Å². The molecule has 20 heavy (non-hydrogen) atoms. The average molecular weight is 275 g/mol. The molecular weight excluding hydrogens is 250 g/mol. The second-order valence-corrected chi connectivity index (χ2v) is 5.79. The van der Waals surface area contributed by atoms with Crippen LogP contribution in [0.4, 0.5) is 5.69 Å². The largest absolute Gasteiger partial charge is 0.397 e. The van der Waals surface area contributed by atoms with E-state index in [1.807, 2.05) is 6.92 Å². The van der Waals surface area contributed by atoms with Gasteiger partial charge in [-0.1, -0.05) is 26.2 Å². The Bertz CT molecular complexity index is 467. The number of nitrogens with two attached hydrogens (primary N) is 1. The highest BCUT2D eigenvalue weighted by Gasteiger charge is 2.24. The summed E-state index contributed by atoms with van der Waals surface area (Å²) in [7, 11) is 0. The van der Waals surface area contributed by atoms with Gasteiger partial charge >= 0.3 is 0 Å². The van der Waals surface area contributed by atoms with Gasteiger partial charge in [0.05, 0.1) is 23.1 Å². The van der Waals surface area contributed by atoms with Gasteiger partial charge in [-0.25, -0.2) is 0 Å². The van der Waals surface area contributed by atoms with Crippen LogP contribution in [0.15, 0.2) is 12.3 Å². The Kier molecular flexibility index (Phi) is 4.99. The molecule has 1 amide bonds. The van der Waals surface area contributed by atoms with Gasteiger partial charge in [0.2, 0.25) is 0 Å². The number of amides is 1. The molecule has 0 spiro atoms. The zero-order valence-corrected chi connectivity index (χ0v) is 12.5. The van der Waals surface area contributed by atoms with Gasteiger partial charge in [-0.15, -0.1) is 0 Å². The van der Waals surface area contributed by atoms with Crippen molar-refractivity contribution in [3.63, 3.8) is 0 Å². The van der Waals surface area contributed by atoms with Crippen molar-refractivity contribution >= 4 is 11.6 Å². The standard InChI is InChI=1S/C16H25N3O/c1-3-15(12-7-5-4-6-8-12)19-16(20)14-9-13(17)10-18-11(14)2/h9-10,12,15H,3-8,17H2,1-2H3,(H,19,20). The molecule has 0 radical (unpaired) electrons. The van der Waals surface area contributed by atoms with Crippen LogP contribution in [0, 0.1) is 12.8 Å². The molecule has 1 aromatic heterocycles. The number of nitrogen functional groups attached to an aromatic ring is 1. The molecule has 1 unspecified atom stereocenters. The second kappa shape index (κ2) is 6.73. The number of hydrogen-bond donors (Lipinski definition) is 2. The van der Waals surface area contributed by atoms with E-state index in [9.17, 15) is 4.79 Å². The molecule has 2 rings (SSSR count). The number of anilines is 1. The molecule has 4 heteroatoms. The minimum atomic E-state index is -0.0419. The van der Waals surface area contributed by atoms with E-state index in [0.717, 1.165) is 12.1 Å². The van der Waals surface area contributed by atoms with Crippen LogP contribution >= 0.6 is 0 Å². The molecule has 0 aromatic carbocycles. The van der Waals surface area contributed by atoms with Crippen LogP contribution in [-0.2, 0) is 0 Å². The molecule has 110 valence electrons. The predicted octanol–water partition coefficient (Wildman–Crippen LogP) is 3.06. The molecule has 1 heterocycles. The smallest absolute Gasteiger partial charge is 0.253 e. The zero-order chi connectivity index (χ0) is 14.5. The van der Waals surface area contributed by atoms with Crippen molar-refractivity contribution in [3.8, 4) is 0 Å². The molecule has 1 aliphatic rings. The molecule has 1 fully saturated rings. The van der Waals surface area contributed by atoms with Crippen LogP contribution in [0.2, 0.25) is 0 Å². The van der Waals surface area contributed by atoms with Gasteiger partial charge < -0.3 is 11.1 Å². The first-order chi connectivity index (χ1) is 9.61. The van der Waals surface area contributed by atoms with Crippen LogP contribution < -0.4 is 11.1 Å². The maximum absolute atomic E-state index is 12.4. The molecule has 0 aliphatic heterocycles. The number of aryl methyl sites for hydroxylation is 1. The second-order valence-electron chi connectivity index (χ2n) is 5.79. The van der Waals surface area contributed by atoms with Crippen LogP contribution in [0.3, 0.4) is 0 Å². The highest BCUT2D eigenvalue weighted by atomic mass is 16.1. The molecule has 1 saturated carbocycles. The number of rotatable bonds is 4. The molecule has 0 bridgehead atoms. The number of carbonyl (C=O) groups excluding carboxylic acids is 1. The van der Waals surface area contributed by atoms with Crippen molar-refractivity contribution in [1.82, 2.24) is 10.3 Å². The van der Waals surface area contributed by atoms with Gasteiger partial charge in [-0.05, 0) is 38.2 Å². The quantitative estimate of drug-likeness (QED) is 0.887. The molecule has 1 atom stereocenters. The molecular formula is C16H25N3O. The normalized spacial score (nSPS) is 17.7. The van der Waals surface area contributed by atoms with E-state index >= 15 is 0 Å². The summed E-state index contributed by atoms with van der Waals surface area (Å²) in [6.45, 7) is 3.99. The van der Waals surface area contributed by atoms with Crippen LogP contribution in [0.1, 0.15) is 61.5 Å². The van der Waals surface area contributed by atoms with Crippen molar-refractivity contribution in [2.24, 2.45) is 5.92 Å². The summed E-state index contributed by atoms with van der Waals surface area (Å²) < 4.78 is 0. The summed E-state index contributed by atoms with van der Waals surface area (Å²) in [4.78, 5) is 16.6. The molecule has 0 saturated heterocycles. The predicted molar refractivity (Wildman–Crippen MR) is 81.5 cm³/mol. The Labute approximate surface area is 121 Å². The summed E-state index contributed by atoms with van der Waals surface area (Å²) in [6.07, 6.45) is 8.93. The maximum Gasteiger partial charge on any atom is 0.253 e. The monoisotopic (exact) mass is 275 g/mol. The third-order valence-corrected chi connectivity index (χ3v) is 4.33. The summed E-state index contributed by atoms with van der Waals surface area (Å²) in [5.41, 5.74) is 7.59. The summed E-state index contributed by atoms with van der Waals surface area (Å²) in [5, 5.41) is 3.19. The number of aromatic nitrogens is 1. The fourth-order valence-electron chi connectivity index (χ4n) is 3.12. The highest BCUT2D eigenvalue weighted by molar-refractivity contribution is 5.96. The summed E-state index contributed by atoms with van der Waals surface area (Å²) in [5.74, 6) is 0.576. The van der Waals surface area contributed by atoms with E-state index in [1.54, 1.807) is 12.3 Å².